The molecule has 1 rings (SSSR count). The Labute approximate surface area is 99.8 Å². The van der Waals surface area contributed by atoms with E-state index in [4.69, 9.17) is 0 Å². The average molecular weight is 226 g/mol. The van der Waals surface area contributed by atoms with Crippen molar-refractivity contribution in [2.75, 3.05) is 20.1 Å². The van der Waals surface area contributed by atoms with Crippen LogP contribution in [0.5, 0.6) is 0 Å². The van der Waals surface area contributed by atoms with Gasteiger partial charge in [0.2, 0.25) is 0 Å². The Hall–Kier alpha value is -0.730. The molecule has 3 nitrogen and oxygen atoms in total. The number of nitrogens with zero attached hydrogens (tertiary/aromatic N) is 2. The van der Waals surface area contributed by atoms with Gasteiger partial charge in [-0.05, 0) is 45.4 Å². The van der Waals surface area contributed by atoms with E-state index in [0.717, 1.165) is 19.0 Å². The molecule has 0 saturated heterocycles. The minimum atomic E-state index is 0.199. The van der Waals surface area contributed by atoms with E-state index >= 15 is 0 Å². The summed E-state index contributed by atoms with van der Waals surface area (Å²) in [5.41, 5.74) is 0. The zero-order valence-corrected chi connectivity index (χ0v) is 11.2. The smallest absolute Gasteiger partial charge is 0.319 e. The van der Waals surface area contributed by atoms with Gasteiger partial charge in [0, 0.05) is 26.2 Å². The molecule has 0 unspecified atom stereocenters. The van der Waals surface area contributed by atoms with Gasteiger partial charge in [0.1, 0.15) is 0 Å². The number of urea groups is 1. The molecule has 3 heteroatoms. The van der Waals surface area contributed by atoms with Gasteiger partial charge >= 0.3 is 6.03 Å². The highest BCUT2D eigenvalue weighted by Gasteiger charge is 2.26. The van der Waals surface area contributed by atoms with Gasteiger partial charge in [-0.15, -0.1) is 0 Å². The molecule has 0 heterocycles. The maximum atomic E-state index is 12.1. The minimum absolute atomic E-state index is 0.199. The molecule has 0 atom stereocenters. The molecular formula is C13H26N2O. The second kappa shape index (κ2) is 6.12. The predicted molar refractivity (Wildman–Crippen MR) is 67.5 cm³/mol. The normalized spacial score (nSPS) is 25.2. The van der Waals surface area contributed by atoms with Crippen LogP contribution in [0.4, 0.5) is 4.79 Å². The van der Waals surface area contributed by atoms with Crippen molar-refractivity contribution < 1.29 is 4.79 Å². The Morgan fingerprint density at radius 3 is 2.06 bits per heavy atom. The number of rotatable bonds is 3. The molecule has 0 bridgehead atoms. The molecular weight excluding hydrogens is 200 g/mol. The summed E-state index contributed by atoms with van der Waals surface area (Å²) in [6.45, 7) is 8.00. The number of carbonyl (C=O) groups is 1. The molecule has 94 valence electrons. The van der Waals surface area contributed by atoms with E-state index in [9.17, 15) is 4.79 Å². The number of amides is 2. The van der Waals surface area contributed by atoms with Crippen molar-refractivity contribution in [1.29, 1.82) is 0 Å². The summed E-state index contributed by atoms with van der Waals surface area (Å²) < 4.78 is 0. The second-order valence-electron chi connectivity index (χ2n) is 4.98. The maximum Gasteiger partial charge on any atom is 0.319 e. The lowest BCUT2D eigenvalue weighted by Gasteiger charge is -2.36. The Morgan fingerprint density at radius 1 is 1.12 bits per heavy atom. The topological polar surface area (TPSA) is 23.6 Å². The van der Waals surface area contributed by atoms with Crippen molar-refractivity contribution in [3.63, 3.8) is 0 Å². The van der Waals surface area contributed by atoms with Gasteiger partial charge in [0.05, 0.1) is 0 Å². The summed E-state index contributed by atoms with van der Waals surface area (Å²) >= 11 is 0. The molecule has 16 heavy (non-hydrogen) atoms. The van der Waals surface area contributed by atoms with E-state index < -0.39 is 0 Å². The van der Waals surface area contributed by atoms with Crippen molar-refractivity contribution in [1.82, 2.24) is 9.80 Å². The van der Waals surface area contributed by atoms with Gasteiger partial charge in [0.25, 0.3) is 0 Å². The van der Waals surface area contributed by atoms with Crippen LogP contribution < -0.4 is 0 Å². The molecule has 0 radical (unpaired) electrons. The largest absolute Gasteiger partial charge is 0.325 e. The summed E-state index contributed by atoms with van der Waals surface area (Å²) in [6.07, 6.45) is 4.87. The van der Waals surface area contributed by atoms with Crippen LogP contribution in [0.25, 0.3) is 0 Å². The van der Waals surface area contributed by atoms with E-state index in [0.29, 0.717) is 6.04 Å². The van der Waals surface area contributed by atoms with Crippen LogP contribution in [0.1, 0.15) is 46.5 Å². The first-order chi connectivity index (χ1) is 7.60. The minimum Gasteiger partial charge on any atom is -0.325 e. The average Bonchev–Trinajstić information content (AvgIpc) is 2.30. The van der Waals surface area contributed by atoms with Gasteiger partial charge in [0.15, 0.2) is 0 Å². The first-order valence-corrected chi connectivity index (χ1v) is 6.61. The maximum absolute atomic E-state index is 12.1. The summed E-state index contributed by atoms with van der Waals surface area (Å²) in [4.78, 5) is 16.0. The second-order valence-corrected chi connectivity index (χ2v) is 4.98. The molecule has 1 aliphatic carbocycles. The fraction of sp³-hybridized carbons (Fsp3) is 0.923. The summed E-state index contributed by atoms with van der Waals surface area (Å²) in [5, 5.41) is 0. The summed E-state index contributed by atoms with van der Waals surface area (Å²) in [7, 11) is 1.96. The molecule has 0 aromatic heterocycles. The lowest BCUT2D eigenvalue weighted by Crippen LogP contribution is -2.46. The van der Waals surface area contributed by atoms with E-state index in [2.05, 4.69) is 6.92 Å². The highest BCUT2D eigenvalue weighted by Crippen LogP contribution is 2.26. The van der Waals surface area contributed by atoms with E-state index in [1.54, 1.807) is 0 Å². The molecule has 1 aliphatic rings. The van der Waals surface area contributed by atoms with Crippen LogP contribution in [-0.2, 0) is 0 Å². The van der Waals surface area contributed by atoms with Crippen molar-refractivity contribution in [3.05, 3.63) is 0 Å². The van der Waals surface area contributed by atoms with Crippen LogP contribution in [0.3, 0.4) is 0 Å². The Balaban J connectivity index is 2.50. The molecule has 0 aliphatic heterocycles. The lowest BCUT2D eigenvalue weighted by molar-refractivity contribution is 0.131. The lowest BCUT2D eigenvalue weighted by atomic mass is 9.87. The van der Waals surface area contributed by atoms with Crippen LogP contribution in [0, 0.1) is 5.92 Å². The summed E-state index contributed by atoms with van der Waals surface area (Å²) in [5.74, 6) is 0.841. The van der Waals surface area contributed by atoms with Gasteiger partial charge in [-0.3, -0.25) is 0 Å². The fourth-order valence-corrected chi connectivity index (χ4v) is 2.50. The van der Waals surface area contributed by atoms with Crippen molar-refractivity contribution >= 4 is 6.03 Å². The van der Waals surface area contributed by atoms with Crippen LogP contribution >= 0.6 is 0 Å². The third-order valence-electron chi connectivity index (χ3n) is 3.87. The molecule has 0 spiro atoms. The zero-order chi connectivity index (χ0) is 12.1. The van der Waals surface area contributed by atoms with Crippen molar-refractivity contribution in [3.8, 4) is 0 Å². The molecule has 0 N–H and O–H groups in total. The standard InChI is InChI=1S/C13H26N2O/c1-5-15(6-2)13(16)14(4)12-9-7-11(3)8-10-12/h11-12H,5-10H2,1-4H3. The van der Waals surface area contributed by atoms with Crippen LogP contribution in [0.2, 0.25) is 0 Å². The van der Waals surface area contributed by atoms with Crippen LogP contribution in [-0.4, -0.2) is 42.0 Å². The van der Waals surface area contributed by atoms with E-state index in [-0.39, 0.29) is 6.03 Å². The SMILES string of the molecule is CCN(CC)C(=O)N(C)C1CCC(C)CC1. The number of hydrogen-bond donors (Lipinski definition) is 0. The molecule has 0 aromatic rings. The predicted octanol–water partition coefficient (Wildman–Crippen LogP) is 2.96. The number of hydrogen-bond acceptors (Lipinski definition) is 1. The van der Waals surface area contributed by atoms with Crippen molar-refractivity contribution in [2.24, 2.45) is 5.92 Å². The van der Waals surface area contributed by atoms with Gasteiger partial charge in [-0.1, -0.05) is 6.92 Å². The van der Waals surface area contributed by atoms with Crippen molar-refractivity contribution in [2.45, 2.75) is 52.5 Å². The van der Waals surface area contributed by atoms with Crippen LogP contribution in [0.15, 0.2) is 0 Å². The summed E-state index contributed by atoms with van der Waals surface area (Å²) in [6, 6.07) is 0.661. The molecule has 1 saturated carbocycles. The third kappa shape index (κ3) is 3.13. The first kappa shape index (κ1) is 13.3. The molecule has 2 amide bonds. The molecule has 1 fully saturated rings. The monoisotopic (exact) mass is 226 g/mol. The zero-order valence-electron chi connectivity index (χ0n) is 11.2. The third-order valence-corrected chi connectivity index (χ3v) is 3.87. The Kier molecular flexibility index (Phi) is 5.10. The van der Waals surface area contributed by atoms with Gasteiger partial charge in [-0.2, -0.15) is 0 Å². The number of carbonyl (C=O) groups excluding carboxylic acids is 1. The Bertz CT molecular complexity index is 218. The Morgan fingerprint density at radius 2 is 1.62 bits per heavy atom. The van der Waals surface area contributed by atoms with Gasteiger partial charge in [-0.25, -0.2) is 4.79 Å². The van der Waals surface area contributed by atoms with Gasteiger partial charge < -0.3 is 9.80 Å². The first-order valence-electron chi connectivity index (χ1n) is 6.61. The highest BCUT2D eigenvalue weighted by molar-refractivity contribution is 5.74. The fourth-order valence-electron chi connectivity index (χ4n) is 2.50. The van der Waals surface area contributed by atoms with E-state index in [1.807, 2.05) is 30.7 Å². The quantitative estimate of drug-likeness (QED) is 0.725. The highest BCUT2D eigenvalue weighted by atomic mass is 16.2. The van der Waals surface area contributed by atoms with E-state index in [1.165, 1.54) is 25.7 Å². The molecule has 0 aromatic carbocycles.